The molecule has 0 aliphatic rings. The maximum absolute atomic E-state index is 4.48. The third kappa shape index (κ3) is 6.05. The predicted molar refractivity (Wildman–Crippen MR) is 109 cm³/mol. The lowest BCUT2D eigenvalue weighted by atomic mass is 10.2. The van der Waals surface area contributed by atoms with Crippen molar-refractivity contribution < 1.29 is 0 Å². The number of nitrogens with zero attached hydrogens (tertiary/aromatic N) is 3. The molecule has 2 aromatic rings. The highest BCUT2D eigenvalue weighted by Gasteiger charge is 2.07. The highest BCUT2D eigenvalue weighted by atomic mass is 32.1. The van der Waals surface area contributed by atoms with E-state index in [2.05, 4.69) is 69.0 Å². The molecule has 5 nitrogen and oxygen atoms in total. The van der Waals surface area contributed by atoms with Crippen LogP contribution in [0.4, 0.5) is 5.69 Å². The molecule has 25 heavy (non-hydrogen) atoms. The Morgan fingerprint density at radius 3 is 2.60 bits per heavy atom. The molecule has 0 bridgehead atoms. The number of likely N-dealkylation sites (N-methyl/N-ethyl adjacent to an activating group) is 1. The molecule has 0 aliphatic heterocycles. The summed E-state index contributed by atoms with van der Waals surface area (Å²) in [6, 6.07) is 8.52. The van der Waals surface area contributed by atoms with Gasteiger partial charge in [0, 0.05) is 50.7 Å². The number of aromatic nitrogens is 1. The lowest BCUT2D eigenvalue weighted by Crippen LogP contribution is -2.42. The summed E-state index contributed by atoms with van der Waals surface area (Å²) < 4.78 is 0. The molecule has 0 saturated heterocycles. The molecule has 1 aromatic carbocycles. The first-order chi connectivity index (χ1) is 12.1. The second-order valence-electron chi connectivity index (χ2n) is 5.90. The van der Waals surface area contributed by atoms with E-state index in [9.17, 15) is 0 Å². The fraction of sp³-hybridized carbons (Fsp3) is 0.474. The smallest absolute Gasteiger partial charge is 0.191 e. The van der Waals surface area contributed by atoms with Crippen molar-refractivity contribution >= 4 is 23.0 Å². The zero-order valence-electron chi connectivity index (χ0n) is 15.7. The Labute approximate surface area is 155 Å². The third-order valence-electron chi connectivity index (χ3n) is 4.08. The third-order valence-corrected chi connectivity index (χ3v) is 4.90. The fourth-order valence-electron chi connectivity index (χ4n) is 2.73. The van der Waals surface area contributed by atoms with Gasteiger partial charge in [-0.2, -0.15) is 0 Å². The number of anilines is 1. The molecule has 0 aliphatic carbocycles. The number of hydrogen-bond donors (Lipinski definition) is 2. The van der Waals surface area contributed by atoms with Crippen LogP contribution in [-0.2, 0) is 6.42 Å². The summed E-state index contributed by atoms with van der Waals surface area (Å²) in [6.45, 7) is 9.99. The first-order valence-electron chi connectivity index (χ1n) is 8.80. The van der Waals surface area contributed by atoms with E-state index in [1.54, 1.807) is 18.4 Å². The Bertz CT molecular complexity index is 680. The number of thiazole rings is 1. The molecule has 0 saturated carbocycles. The van der Waals surface area contributed by atoms with Crippen molar-refractivity contribution in [2.24, 2.45) is 4.99 Å². The number of aliphatic imine (C=N–C) groups is 1. The van der Waals surface area contributed by atoms with E-state index in [0.29, 0.717) is 0 Å². The van der Waals surface area contributed by atoms with Crippen LogP contribution in [0.5, 0.6) is 0 Å². The average Bonchev–Trinajstić information content (AvgIpc) is 3.03. The maximum Gasteiger partial charge on any atom is 0.191 e. The second-order valence-corrected chi connectivity index (χ2v) is 6.96. The average molecular weight is 360 g/mol. The van der Waals surface area contributed by atoms with E-state index in [0.717, 1.165) is 49.3 Å². The molecule has 6 heteroatoms. The lowest BCUT2D eigenvalue weighted by molar-refractivity contribution is 0.743. The summed E-state index contributed by atoms with van der Waals surface area (Å²) in [5, 5.41) is 9.99. The fourth-order valence-corrected chi connectivity index (χ4v) is 3.38. The van der Waals surface area contributed by atoms with Crippen LogP contribution < -0.4 is 15.5 Å². The van der Waals surface area contributed by atoms with Gasteiger partial charge in [0.15, 0.2) is 5.96 Å². The normalized spacial score (nSPS) is 11.4. The molecule has 0 radical (unpaired) electrons. The van der Waals surface area contributed by atoms with Gasteiger partial charge in [0.25, 0.3) is 0 Å². The van der Waals surface area contributed by atoms with E-state index in [1.165, 1.54) is 11.3 Å². The van der Waals surface area contributed by atoms with E-state index in [1.807, 2.05) is 6.92 Å². The van der Waals surface area contributed by atoms with Gasteiger partial charge >= 0.3 is 0 Å². The Morgan fingerprint density at radius 1 is 1.20 bits per heavy atom. The van der Waals surface area contributed by atoms with Crippen molar-refractivity contribution in [3.8, 4) is 0 Å². The number of rotatable bonds is 8. The van der Waals surface area contributed by atoms with Crippen LogP contribution in [0.2, 0.25) is 0 Å². The minimum absolute atomic E-state index is 0.831. The van der Waals surface area contributed by atoms with Gasteiger partial charge in [0.2, 0.25) is 0 Å². The van der Waals surface area contributed by atoms with Gasteiger partial charge in [-0.05, 0) is 32.4 Å². The van der Waals surface area contributed by atoms with Crippen LogP contribution in [0, 0.1) is 13.8 Å². The number of para-hydroxylation sites is 1. The second kappa shape index (κ2) is 10.0. The van der Waals surface area contributed by atoms with Crippen molar-refractivity contribution in [2.45, 2.75) is 27.2 Å². The zero-order valence-corrected chi connectivity index (χ0v) is 16.5. The van der Waals surface area contributed by atoms with Crippen LogP contribution in [0.3, 0.4) is 0 Å². The van der Waals surface area contributed by atoms with Crippen LogP contribution in [-0.4, -0.2) is 44.2 Å². The zero-order chi connectivity index (χ0) is 18.1. The topological polar surface area (TPSA) is 52.5 Å². The van der Waals surface area contributed by atoms with Gasteiger partial charge in [-0.1, -0.05) is 18.2 Å². The van der Waals surface area contributed by atoms with Crippen LogP contribution >= 0.6 is 11.3 Å². The van der Waals surface area contributed by atoms with Crippen molar-refractivity contribution in [1.29, 1.82) is 0 Å². The highest BCUT2D eigenvalue weighted by molar-refractivity contribution is 7.09. The molecule has 0 amide bonds. The van der Waals surface area contributed by atoms with Crippen LogP contribution in [0.15, 0.2) is 34.6 Å². The van der Waals surface area contributed by atoms with E-state index >= 15 is 0 Å². The van der Waals surface area contributed by atoms with Gasteiger partial charge in [-0.15, -0.1) is 11.3 Å². The molecule has 1 aromatic heterocycles. The molecule has 0 fully saturated rings. The molecular formula is C19H29N5S. The summed E-state index contributed by atoms with van der Waals surface area (Å²) in [4.78, 5) is 11.2. The minimum atomic E-state index is 0.831. The van der Waals surface area contributed by atoms with Crippen molar-refractivity contribution in [1.82, 2.24) is 15.6 Å². The Hall–Kier alpha value is -2.08. The van der Waals surface area contributed by atoms with Crippen molar-refractivity contribution in [2.75, 3.05) is 38.1 Å². The number of nitrogens with one attached hydrogen (secondary N) is 2. The van der Waals surface area contributed by atoms with E-state index < -0.39 is 0 Å². The molecule has 2 rings (SSSR count). The monoisotopic (exact) mass is 359 g/mol. The van der Waals surface area contributed by atoms with Crippen molar-refractivity contribution in [3.05, 3.63) is 45.9 Å². The quantitative estimate of drug-likeness (QED) is 0.562. The van der Waals surface area contributed by atoms with E-state index in [4.69, 9.17) is 0 Å². The molecular weight excluding hydrogens is 330 g/mol. The summed E-state index contributed by atoms with van der Waals surface area (Å²) in [5.41, 5.74) is 3.75. The first-order valence-corrected chi connectivity index (χ1v) is 9.68. The summed E-state index contributed by atoms with van der Waals surface area (Å²) in [5.74, 6) is 0.841. The van der Waals surface area contributed by atoms with Gasteiger partial charge in [-0.25, -0.2) is 4.98 Å². The van der Waals surface area contributed by atoms with Gasteiger partial charge in [0.05, 0.1) is 10.7 Å². The number of guanidine groups is 1. The standard InChI is InChI=1S/C19H29N5S/c1-5-24(18-9-7-6-8-15(18)2)13-12-22-19(20-4)21-11-10-17-14-25-16(3)23-17/h6-9,14H,5,10-13H2,1-4H3,(H2,20,21,22). The number of hydrogen-bond acceptors (Lipinski definition) is 4. The molecule has 0 unspecified atom stereocenters. The largest absolute Gasteiger partial charge is 0.370 e. The molecule has 1 heterocycles. The number of benzene rings is 1. The minimum Gasteiger partial charge on any atom is -0.370 e. The summed E-state index contributed by atoms with van der Waals surface area (Å²) in [7, 11) is 1.81. The first kappa shape index (κ1) is 19.2. The number of aryl methyl sites for hydroxylation is 2. The summed E-state index contributed by atoms with van der Waals surface area (Å²) >= 11 is 1.70. The molecule has 0 atom stereocenters. The lowest BCUT2D eigenvalue weighted by Gasteiger charge is -2.25. The Balaban J connectivity index is 1.75. The van der Waals surface area contributed by atoms with Crippen LogP contribution in [0.25, 0.3) is 0 Å². The molecule has 2 N–H and O–H groups in total. The van der Waals surface area contributed by atoms with Crippen LogP contribution in [0.1, 0.15) is 23.2 Å². The molecule has 0 spiro atoms. The maximum atomic E-state index is 4.48. The Kier molecular flexibility index (Phi) is 7.73. The molecule has 136 valence electrons. The Morgan fingerprint density at radius 2 is 1.96 bits per heavy atom. The predicted octanol–water partition coefficient (Wildman–Crippen LogP) is 2.99. The van der Waals surface area contributed by atoms with Crippen molar-refractivity contribution in [3.63, 3.8) is 0 Å². The van der Waals surface area contributed by atoms with Gasteiger partial charge in [-0.3, -0.25) is 4.99 Å². The van der Waals surface area contributed by atoms with Gasteiger partial charge < -0.3 is 15.5 Å². The van der Waals surface area contributed by atoms with E-state index in [-0.39, 0.29) is 0 Å². The summed E-state index contributed by atoms with van der Waals surface area (Å²) in [6.07, 6.45) is 0.912. The highest BCUT2D eigenvalue weighted by Crippen LogP contribution is 2.18. The SMILES string of the molecule is CCN(CCNC(=NC)NCCc1csc(C)n1)c1ccccc1C. The van der Waals surface area contributed by atoms with Gasteiger partial charge in [0.1, 0.15) is 0 Å².